The van der Waals surface area contributed by atoms with Crippen LogP contribution < -0.4 is 0 Å². The van der Waals surface area contributed by atoms with Gasteiger partial charge in [-0.15, -0.1) is 0 Å². The summed E-state index contributed by atoms with van der Waals surface area (Å²) in [5, 5.41) is 10.6. The fourth-order valence-corrected chi connectivity index (χ4v) is 5.21. The molecule has 220 valence electrons. The lowest BCUT2D eigenvalue weighted by atomic mass is 9.85. The molecule has 1 aliphatic heterocycles. The van der Waals surface area contributed by atoms with Crippen LogP contribution in [-0.4, -0.2) is 36.6 Å². The lowest BCUT2D eigenvalue weighted by Crippen LogP contribution is -2.66. The summed E-state index contributed by atoms with van der Waals surface area (Å²) >= 11 is 0. The summed E-state index contributed by atoms with van der Waals surface area (Å²) in [6.45, 7) is 5.47. The molecule has 0 aliphatic carbocycles. The largest absolute Gasteiger partial charge is 0.374 e. The van der Waals surface area contributed by atoms with Gasteiger partial charge in [0, 0.05) is 0 Å². The van der Waals surface area contributed by atoms with E-state index in [9.17, 15) is 5.26 Å². The second-order valence-corrected chi connectivity index (χ2v) is 10.5. The third-order valence-electron chi connectivity index (χ3n) is 7.47. The molecular formula is C37H37NO5. The molecule has 5 rings (SSSR count). The Kier molecular flexibility index (Phi) is 10.9. The molecule has 1 aliphatic rings. The Bertz CT molecular complexity index is 1430. The number of hydrogen-bond donors (Lipinski definition) is 0. The number of rotatable bonds is 14. The Morgan fingerprint density at radius 3 is 1.49 bits per heavy atom. The summed E-state index contributed by atoms with van der Waals surface area (Å²) in [6, 6.07) is 42.0. The van der Waals surface area contributed by atoms with Gasteiger partial charge in [0.2, 0.25) is 5.60 Å². The highest BCUT2D eigenvalue weighted by molar-refractivity contribution is 5.25. The number of ether oxygens (including phenoxy) is 5. The highest BCUT2D eigenvalue weighted by atomic mass is 16.6. The standard InChI is InChI=1S/C37H37NO5/c1-2-37(28-38)36(42-26-32-21-13-6-14-22-32)35(41-25-31-19-11-5-12-20-31)34(40-24-30-17-9-4-10-18-30)33(43-37)27-39-23-29-15-7-3-8-16-29/h2-22,33-36H,1,23-27H2/t33?,34-,35?,36?,37-/m1/s1. The smallest absolute Gasteiger partial charge is 0.201 e. The summed E-state index contributed by atoms with van der Waals surface area (Å²) in [5.41, 5.74) is 2.52. The van der Waals surface area contributed by atoms with Crippen molar-refractivity contribution in [1.82, 2.24) is 0 Å². The van der Waals surface area contributed by atoms with Gasteiger partial charge in [0.15, 0.2) is 0 Å². The van der Waals surface area contributed by atoms with Crippen molar-refractivity contribution in [2.75, 3.05) is 6.61 Å². The molecule has 0 bridgehead atoms. The Morgan fingerprint density at radius 2 is 1.05 bits per heavy atom. The zero-order chi connectivity index (χ0) is 29.7. The number of nitrogens with zero attached hydrogens (tertiary/aromatic N) is 1. The molecule has 0 N–H and O–H groups in total. The van der Waals surface area contributed by atoms with Crippen LogP contribution in [0.5, 0.6) is 0 Å². The van der Waals surface area contributed by atoms with Crippen molar-refractivity contribution in [3.05, 3.63) is 156 Å². The minimum Gasteiger partial charge on any atom is -0.374 e. The van der Waals surface area contributed by atoms with Crippen LogP contribution in [0.2, 0.25) is 0 Å². The van der Waals surface area contributed by atoms with E-state index in [2.05, 4.69) is 12.6 Å². The number of hydrogen-bond acceptors (Lipinski definition) is 6. The van der Waals surface area contributed by atoms with E-state index in [1.54, 1.807) is 0 Å². The molecule has 0 amide bonds. The van der Waals surface area contributed by atoms with Gasteiger partial charge >= 0.3 is 0 Å². The van der Waals surface area contributed by atoms with Crippen LogP contribution in [-0.2, 0) is 50.1 Å². The predicted molar refractivity (Wildman–Crippen MR) is 165 cm³/mol. The molecule has 0 spiro atoms. The lowest BCUT2D eigenvalue weighted by Gasteiger charge is -2.48. The van der Waals surface area contributed by atoms with Crippen molar-refractivity contribution in [2.24, 2.45) is 0 Å². The van der Waals surface area contributed by atoms with Crippen LogP contribution >= 0.6 is 0 Å². The van der Waals surface area contributed by atoms with Gasteiger partial charge < -0.3 is 23.7 Å². The summed E-state index contributed by atoms with van der Waals surface area (Å²) < 4.78 is 32.5. The van der Waals surface area contributed by atoms with Crippen LogP contribution in [0.3, 0.4) is 0 Å². The van der Waals surface area contributed by atoms with E-state index in [0.29, 0.717) is 19.8 Å². The monoisotopic (exact) mass is 575 g/mol. The van der Waals surface area contributed by atoms with E-state index in [-0.39, 0.29) is 13.2 Å². The van der Waals surface area contributed by atoms with Crippen molar-refractivity contribution < 1.29 is 23.7 Å². The summed E-state index contributed by atoms with van der Waals surface area (Å²) in [7, 11) is 0. The van der Waals surface area contributed by atoms with Gasteiger partial charge in [-0.2, -0.15) is 5.26 Å². The van der Waals surface area contributed by atoms with Crippen LogP contribution in [0.1, 0.15) is 22.3 Å². The molecule has 6 heteroatoms. The molecule has 0 saturated carbocycles. The zero-order valence-electron chi connectivity index (χ0n) is 24.2. The molecule has 4 aromatic rings. The summed E-state index contributed by atoms with van der Waals surface area (Å²) in [6.07, 6.45) is -1.24. The molecule has 43 heavy (non-hydrogen) atoms. The van der Waals surface area contributed by atoms with E-state index >= 15 is 0 Å². The minimum absolute atomic E-state index is 0.183. The normalized spacial score (nSPS) is 23.3. The topological polar surface area (TPSA) is 69.9 Å². The third-order valence-corrected chi connectivity index (χ3v) is 7.47. The maximum atomic E-state index is 10.6. The van der Waals surface area contributed by atoms with E-state index in [4.69, 9.17) is 23.7 Å². The molecular weight excluding hydrogens is 538 g/mol. The first-order chi connectivity index (χ1) is 21.2. The molecule has 3 unspecified atom stereocenters. The van der Waals surface area contributed by atoms with E-state index < -0.39 is 30.0 Å². The SMILES string of the molecule is C=C[C@]1(C#N)OC(COCc2ccccc2)[C@@H](OCc2ccccc2)C(OCc2ccccc2)C1OCc1ccccc1. The fraction of sp³-hybridized carbons (Fsp3) is 0.270. The van der Waals surface area contributed by atoms with Crippen molar-refractivity contribution in [1.29, 1.82) is 5.26 Å². The fourth-order valence-electron chi connectivity index (χ4n) is 5.21. The van der Waals surface area contributed by atoms with Crippen molar-refractivity contribution in [3.8, 4) is 6.07 Å². The van der Waals surface area contributed by atoms with Crippen LogP contribution in [0.25, 0.3) is 0 Å². The second-order valence-electron chi connectivity index (χ2n) is 10.5. The average Bonchev–Trinajstić information content (AvgIpc) is 3.07. The molecule has 1 heterocycles. The Hall–Kier alpha value is -4.09. The van der Waals surface area contributed by atoms with Gasteiger partial charge in [0.05, 0.1) is 33.0 Å². The molecule has 4 aromatic carbocycles. The van der Waals surface area contributed by atoms with Crippen molar-refractivity contribution >= 4 is 0 Å². The Morgan fingerprint density at radius 1 is 0.628 bits per heavy atom. The molecule has 0 radical (unpaired) electrons. The quantitative estimate of drug-likeness (QED) is 0.154. The predicted octanol–water partition coefficient (Wildman–Crippen LogP) is 6.81. The molecule has 1 saturated heterocycles. The first kappa shape index (κ1) is 30.4. The van der Waals surface area contributed by atoms with E-state index in [1.165, 1.54) is 6.08 Å². The van der Waals surface area contributed by atoms with Gasteiger partial charge in [-0.25, -0.2) is 0 Å². The van der Waals surface area contributed by atoms with Crippen LogP contribution in [0.4, 0.5) is 0 Å². The zero-order valence-corrected chi connectivity index (χ0v) is 24.2. The lowest BCUT2D eigenvalue weighted by molar-refractivity contribution is -0.281. The van der Waals surface area contributed by atoms with Crippen LogP contribution in [0.15, 0.2) is 134 Å². The Balaban J connectivity index is 1.46. The van der Waals surface area contributed by atoms with E-state index in [0.717, 1.165) is 22.3 Å². The average molecular weight is 576 g/mol. The highest BCUT2D eigenvalue weighted by Gasteiger charge is 2.56. The summed E-state index contributed by atoms with van der Waals surface area (Å²) in [5.74, 6) is 0. The van der Waals surface area contributed by atoms with Gasteiger partial charge in [0.1, 0.15) is 30.5 Å². The van der Waals surface area contributed by atoms with Gasteiger partial charge in [-0.1, -0.05) is 128 Å². The van der Waals surface area contributed by atoms with Gasteiger partial charge in [0.25, 0.3) is 0 Å². The van der Waals surface area contributed by atoms with Gasteiger partial charge in [-0.05, 0) is 28.3 Å². The second kappa shape index (κ2) is 15.4. The molecule has 5 atom stereocenters. The first-order valence-corrected chi connectivity index (χ1v) is 14.5. The first-order valence-electron chi connectivity index (χ1n) is 14.5. The molecule has 0 aromatic heterocycles. The van der Waals surface area contributed by atoms with Crippen molar-refractivity contribution in [3.63, 3.8) is 0 Å². The highest BCUT2D eigenvalue weighted by Crippen LogP contribution is 2.37. The van der Waals surface area contributed by atoms with E-state index in [1.807, 2.05) is 121 Å². The van der Waals surface area contributed by atoms with Crippen LogP contribution in [0, 0.1) is 11.3 Å². The van der Waals surface area contributed by atoms with Crippen molar-refractivity contribution in [2.45, 2.75) is 56.4 Å². The van der Waals surface area contributed by atoms with Gasteiger partial charge in [-0.3, -0.25) is 0 Å². The maximum Gasteiger partial charge on any atom is 0.201 e. The molecule has 1 fully saturated rings. The Labute approximate surface area is 254 Å². The molecule has 6 nitrogen and oxygen atoms in total. The number of benzene rings is 4. The number of nitriles is 1. The third kappa shape index (κ3) is 8.05. The minimum atomic E-state index is -1.50. The maximum absolute atomic E-state index is 10.6. The summed E-state index contributed by atoms with van der Waals surface area (Å²) in [4.78, 5) is 0.